The van der Waals surface area contributed by atoms with Crippen molar-refractivity contribution in [1.29, 1.82) is 0 Å². The number of rotatable bonds is 2. The van der Waals surface area contributed by atoms with Crippen molar-refractivity contribution in [2.24, 2.45) is 40.9 Å². The number of carbonyl (C=O) groups is 1. The van der Waals surface area contributed by atoms with E-state index in [0.717, 1.165) is 48.9 Å². The summed E-state index contributed by atoms with van der Waals surface area (Å²) >= 11 is 3.41. The van der Waals surface area contributed by atoms with E-state index < -0.39 is 5.60 Å². The summed E-state index contributed by atoms with van der Waals surface area (Å²) in [7, 11) is 0. The van der Waals surface area contributed by atoms with Crippen LogP contribution in [0.5, 0.6) is 0 Å². The minimum atomic E-state index is -0.422. The first-order chi connectivity index (χ1) is 10.9. The van der Waals surface area contributed by atoms with Crippen LogP contribution in [-0.2, 0) is 4.79 Å². The number of aliphatic hydroxyl groups is 1. The number of halogens is 1. The van der Waals surface area contributed by atoms with E-state index in [1.54, 1.807) is 0 Å². The van der Waals surface area contributed by atoms with Gasteiger partial charge >= 0.3 is 0 Å². The standard InChI is InChI=1S/C20H31BrO2/c1-19(23)9-12-3-4-14-13(15(12)10-19)7-8-20(2)16(14)5-6-17(20)18(22)11-21/h12-17,23H,3-11H2,1-2H3/t12-,13+,14-,15+,16+,17-,19+,20+/m1/s1. The Labute approximate surface area is 148 Å². The van der Waals surface area contributed by atoms with E-state index in [4.69, 9.17) is 0 Å². The molecule has 0 aromatic carbocycles. The van der Waals surface area contributed by atoms with Crippen molar-refractivity contribution in [3.05, 3.63) is 0 Å². The van der Waals surface area contributed by atoms with Crippen LogP contribution in [0.25, 0.3) is 0 Å². The van der Waals surface area contributed by atoms with Crippen LogP contribution in [0.2, 0.25) is 0 Å². The lowest BCUT2D eigenvalue weighted by atomic mass is 9.51. The van der Waals surface area contributed by atoms with Gasteiger partial charge in [-0.05, 0) is 93.3 Å². The Balaban J connectivity index is 1.57. The van der Waals surface area contributed by atoms with E-state index >= 15 is 0 Å². The molecular formula is C20H31BrO2. The number of hydrogen-bond donors (Lipinski definition) is 1. The smallest absolute Gasteiger partial charge is 0.147 e. The van der Waals surface area contributed by atoms with Gasteiger partial charge < -0.3 is 5.11 Å². The molecule has 0 bridgehead atoms. The van der Waals surface area contributed by atoms with Crippen molar-refractivity contribution in [2.45, 2.75) is 70.8 Å². The van der Waals surface area contributed by atoms with Gasteiger partial charge in [-0.2, -0.15) is 0 Å². The van der Waals surface area contributed by atoms with Gasteiger partial charge in [0, 0.05) is 5.92 Å². The third-order valence-corrected chi connectivity index (χ3v) is 8.97. The Morgan fingerprint density at radius 2 is 1.83 bits per heavy atom. The lowest BCUT2D eigenvalue weighted by molar-refractivity contribution is -0.127. The largest absolute Gasteiger partial charge is 0.390 e. The molecule has 0 aromatic rings. The van der Waals surface area contributed by atoms with Crippen molar-refractivity contribution in [3.63, 3.8) is 0 Å². The Morgan fingerprint density at radius 3 is 2.57 bits per heavy atom. The lowest BCUT2D eigenvalue weighted by Gasteiger charge is -2.53. The summed E-state index contributed by atoms with van der Waals surface area (Å²) in [5.74, 6) is 4.62. The first-order valence-corrected chi connectivity index (χ1v) is 10.8. The molecule has 8 atom stereocenters. The molecule has 4 aliphatic carbocycles. The minimum absolute atomic E-state index is 0.250. The third kappa shape index (κ3) is 2.47. The van der Waals surface area contributed by atoms with Crippen molar-refractivity contribution < 1.29 is 9.90 Å². The summed E-state index contributed by atoms with van der Waals surface area (Å²) in [5, 5.41) is 11.1. The van der Waals surface area contributed by atoms with Crippen molar-refractivity contribution in [3.8, 4) is 0 Å². The van der Waals surface area contributed by atoms with Gasteiger partial charge in [-0.3, -0.25) is 4.79 Å². The van der Waals surface area contributed by atoms with Gasteiger partial charge in [-0.25, -0.2) is 0 Å². The van der Waals surface area contributed by atoms with Crippen LogP contribution in [0.3, 0.4) is 0 Å². The molecular weight excluding hydrogens is 352 g/mol. The third-order valence-electron chi connectivity index (χ3n) is 8.42. The predicted molar refractivity (Wildman–Crippen MR) is 95.4 cm³/mol. The fourth-order valence-electron chi connectivity index (χ4n) is 7.58. The van der Waals surface area contributed by atoms with Gasteiger partial charge in [0.25, 0.3) is 0 Å². The van der Waals surface area contributed by atoms with Crippen molar-refractivity contribution >= 4 is 21.7 Å². The summed E-state index contributed by atoms with van der Waals surface area (Å²) in [5.41, 5.74) is -0.172. The number of ketones is 1. The summed E-state index contributed by atoms with van der Waals surface area (Å²) in [6.45, 7) is 4.47. The molecule has 0 unspecified atom stereocenters. The van der Waals surface area contributed by atoms with Crippen LogP contribution in [0.1, 0.15) is 65.2 Å². The Bertz CT molecular complexity index is 502. The molecule has 0 aromatic heterocycles. The number of alkyl halides is 1. The summed E-state index contributed by atoms with van der Waals surface area (Å²) in [6, 6.07) is 0. The molecule has 0 spiro atoms. The highest BCUT2D eigenvalue weighted by molar-refractivity contribution is 9.09. The van der Waals surface area contributed by atoms with Crippen LogP contribution in [0.15, 0.2) is 0 Å². The van der Waals surface area contributed by atoms with E-state index in [1.165, 1.54) is 32.1 Å². The Hall–Kier alpha value is 0.110. The van der Waals surface area contributed by atoms with Crippen LogP contribution < -0.4 is 0 Å². The van der Waals surface area contributed by atoms with E-state index in [1.807, 2.05) is 6.92 Å². The maximum atomic E-state index is 12.4. The Morgan fingerprint density at radius 1 is 1.04 bits per heavy atom. The van der Waals surface area contributed by atoms with Crippen LogP contribution in [0, 0.1) is 40.9 Å². The molecule has 4 rings (SSSR count). The molecule has 0 aliphatic heterocycles. The van der Waals surface area contributed by atoms with Crippen molar-refractivity contribution in [2.75, 3.05) is 5.33 Å². The zero-order chi connectivity index (χ0) is 16.4. The molecule has 3 heteroatoms. The fraction of sp³-hybridized carbons (Fsp3) is 0.950. The van der Waals surface area contributed by atoms with Gasteiger partial charge in [-0.1, -0.05) is 22.9 Å². The second-order valence-corrected chi connectivity index (χ2v) is 10.2. The van der Waals surface area contributed by atoms with E-state index in [9.17, 15) is 9.90 Å². The van der Waals surface area contributed by atoms with Crippen LogP contribution in [-0.4, -0.2) is 21.8 Å². The molecule has 4 saturated carbocycles. The quantitative estimate of drug-likeness (QED) is 0.709. The molecule has 1 N–H and O–H groups in total. The number of carbonyl (C=O) groups excluding carboxylic acids is 1. The second-order valence-electron chi connectivity index (χ2n) is 9.62. The molecule has 2 nitrogen and oxygen atoms in total. The first-order valence-electron chi connectivity index (χ1n) is 9.67. The van der Waals surface area contributed by atoms with Gasteiger partial charge in [-0.15, -0.1) is 0 Å². The predicted octanol–water partition coefficient (Wildman–Crippen LogP) is 4.58. The number of fused-ring (bicyclic) bond motifs is 5. The van der Waals surface area contributed by atoms with Crippen LogP contribution >= 0.6 is 15.9 Å². The fourth-order valence-corrected chi connectivity index (χ4v) is 7.97. The molecule has 0 heterocycles. The highest BCUT2D eigenvalue weighted by Gasteiger charge is 2.59. The summed E-state index contributed by atoms with van der Waals surface area (Å²) < 4.78 is 0. The van der Waals surface area contributed by atoms with E-state index in [-0.39, 0.29) is 11.3 Å². The second kappa shape index (κ2) is 5.56. The normalized spacial score (nSPS) is 55.1. The lowest BCUT2D eigenvalue weighted by Crippen LogP contribution is -2.47. The molecule has 0 saturated heterocycles. The van der Waals surface area contributed by atoms with Gasteiger partial charge in [0.1, 0.15) is 5.78 Å². The number of hydrogen-bond acceptors (Lipinski definition) is 2. The molecule has 23 heavy (non-hydrogen) atoms. The zero-order valence-electron chi connectivity index (χ0n) is 14.6. The van der Waals surface area contributed by atoms with Crippen molar-refractivity contribution in [1.82, 2.24) is 0 Å². The minimum Gasteiger partial charge on any atom is -0.390 e. The molecule has 130 valence electrons. The van der Waals surface area contributed by atoms with Gasteiger partial charge in [0.2, 0.25) is 0 Å². The zero-order valence-corrected chi connectivity index (χ0v) is 16.1. The molecule has 0 amide bonds. The first kappa shape index (κ1) is 16.6. The maximum absolute atomic E-state index is 12.4. The highest BCUT2D eigenvalue weighted by atomic mass is 79.9. The number of Topliss-reactive ketones (excluding diaryl/α,β-unsaturated/α-hetero) is 1. The highest BCUT2D eigenvalue weighted by Crippen LogP contribution is 2.65. The van der Waals surface area contributed by atoms with E-state index in [0.29, 0.717) is 11.1 Å². The average Bonchev–Trinajstić information content (AvgIpc) is 3.01. The summed E-state index contributed by atoms with van der Waals surface area (Å²) in [4.78, 5) is 12.4. The molecule has 4 aliphatic rings. The topological polar surface area (TPSA) is 37.3 Å². The molecule has 0 radical (unpaired) electrons. The van der Waals surface area contributed by atoms with E-state index in [2.05, 4.69) is 22.9 Å². The van der Waals surface area contributed by atoms with Crippen LogP contribution in [0.4, 0.5) is 0 Å². The summed E-state index contributed by atoms with van der Waals surface area (Å²) in [6.07, 6.45) is 9.59. The monoisotopic (exact) mass is 382 g/mol. The van der Waals surface area contributed by atoms with Gasteiger partial charge in [0.05, 0.1) is 10.9 Å². The average molecular weight is 383 g/mol. The Kier molecular flexibility index (Phi) is 4.00. The SMILES string of the molecule is C[C@]1(O)C[C@H]2CC[C@@H]3[C@H](CC[C@]4(C)[C@@H](C(=O)CBr)CC[C@@H]34)[C@H]2C1. The maximum Gasteiger partial charge on any atom is 0.147 e. The van der Waals surface area contributed by atoms with Gasteiger partial charge in [0.15, 0.2) is 0 Å². The molecule has 4 fully saturated rings.